The Balaban J connectivity index is 3.11. The van der Waals surface area contributed by atoms with Gasteiger partial charge in [0.25, 0.3) is 0 Å². The second-order valence-electron chi connectivity index (χ2n) is 4.74. The lowest BCUT2D eigenvalue weighted by atomic mass is 9.83. The van der Waals surface area contributed by atoms with Gasteiger partial charge in [-0.1, -0.05) is 69.1 Å². The summed E-state index contributed by atoms with van der Waals surface area (Å²) in [6.07, 6.45) is 1.88. The van der Waals surface area contributed by atoms with E-state index in [-0.39, 0.29) is 5.92 Å². The van der Waals surface area contributed by atoms with Crippen LogP contribution >= 0.6 is 7.82 Å². The SMILES string of the molecule is CCC(CC)C(C)C(=NOP(=O)([O-])[O-])c1ccccc1. The molecule has 5 nitrogen and oxygen atoms in total. The Morgan fingerprint density at radius 3 is 2.25 bits per heavy atom. The van der Waals surface area contributed by atoms with Crippen molar-refractivity contribution in [2.75, 3.05) is 0 Å². The van der Waals surface area contributed by atoms with Crippen LogP contribution in [0.3, 0.4) is 0 Å². The number of nitrogens with zero attached hydrogens (tertiary/aromatic N) is 1. The Labute approximate surface area is 119 Å². The van der Waals surface area contributed by atoms with Crippen molar-refractivity contribution in [3.05, 3.63) is 35.9 Å². The van der Waals surface area contributed by atoms with E-state index in [2.05, 4.69) is 23.6 Å². The monoisotopic (exact) mass is 297 g/mol. The van der Waals surface area contributed by atoms with Crippen LogP contribution < -0.4 is 9.79 Å². The van der Waals surface area contributed by atoms with Crippen molar-refractivity contribution in [3.8, 4) is 0 Å². The predicted molar refractivity (Wildman–Crippen MR) is 74.9 cm³/mol. The highest BCUT2D eigenvalue weighted by atomic mass is 31.2. The van der Waals surface area contributed by atoms with E-state index in [0.717, 1.165) is 18.4 Å². The maximum Gasteiger partial charge on any atom is 0.146 e. The first kappa shape index (κ1) is 16.9. The topological polar surface area (TPSA) is 84.8 Å². The van der Waals surface area contributed by atoms with Gasteiger partial charge >= 0.3 is 0 Å². The van der Waals surface area contributed by atoms with Crippen LogP contribution in [0, 0.1) is 11.8 Å². The molecule has 0 amide bonds. The van der Waals surface area contributed by atoms with E-state index >= 15 is 0 Å². The maximum atomic E-state index is 10.6. The molecule has 1 aromatic carbocycles. The molecule has 0 saturated heterocycles. The summed E-state index contributed by atoms with van der Waals surface area (Å²) in [4.78, 5) is 21.3. The van der Waals surface area contributed by atoms with Gasteiger partial charge in [0.15, 0.2) is 0 Å². The molecule has 0 bridgehead atoms. The number of hydrogen-bond donors (Lipinski definition) is 0. The second-order valence-corrected chi connectivity index (χ2v) is 5.79. The summed E-state index contributed by atoms with van der Waals surface area (Å²) in [7, 11) is -5.11. The summed E-state index contributed by atoms with van der Waals surface area (Å²) in [6.45, 7) is 6.11. The quantitative estimate of drug-likeness (QED) is 0.439. The first-order valence-corrected chi connectivity index (χ1v) is 8.19. The summed E-state index contributed by atoms with van der Waals surface area (Å²) in [5, 5.41) is 3.61. The van der Waals surface area contributed by atoms with Crippen LogP contribution in [-0.4, -0.2) is 5.71 Å². The van der Waals surface area contributed by atoms with Crippen LogP contribution in [-0.2, 0) is 9.19 Å². The van der Waals surface area contributed by atoms with Gasteiger partial charge in [-0.3, -0.25) is 0 Å². The second kappa shape index (κ2) is 7.58. The van der Waals surface area contributed by atoms with Crippen LogP contribution in [0.25, 0.3) is 0 Å². The molecule has 0 aliphatic heterocycles. The molecule has 0 spiro atoms. The minimum atomic E-state index is -5.11. The third-order valence-electron chi connectivity index (χ3n) is 3.50. The van der Waals surface area contributed by atoms with Gasteiger partial charge in [0.1, 0.15) is 7.82 Å². The zero-order chi connectivity index (χ0) is 15.2. The lowest BCUT2D eigenvalue weighted by molar-refractivity contribution is -0.341. The Hall–Kier alpha value is -1.16. The molecule has 1 rings (SSSR count). The molecule has 0 aromatic heterocycles. The van der Waals surface area contributed by atoms with Crippen LogP contribution in [0.2, 0.25) is 0 Å². The molecule has 112 valence electrons. The summed E-state index contributed by atoms with van der Waals surface area (Å²) >= 11 is 0. The highest BCUT2D eigenvalue weighted by molar-refractivity contribution is 7.43. The average Bonchev–Trinajstić information content (AvgIpc) is 2.40. The van der Waals surface area contributed by atoms with Crippen molar-refractivity contribution >= 4 is 13.5 Å². The molecule has 0 heterocycles. The fraction of sp³-hybridized carbons (Fsp3) is 0.500. The Kier molecular flexibility index (Phi) is 6.40. The molecule has 0 N–H and O–H groups in total. The van der Waals surface area contributed by atoms with Crippen LogP contribution in [0.1, 0.15) is 39.2 Å². The van der Waals surface area contributed by atoms with Gasteiger partial charge in [-0.05, 0) is 11.5 Å². The molecule has 6 heteroatoms. The van der Waals surface area contributed by atoms with Crippen LogP contribution in [0.5, 0.6) is 0 Å². The minimum absolute atomic E-state index is 0.000972. The summed E-state index contributed by atoms with van der Waals surface area (Å²) < 4.78 is 14.8. The van der Waals surface area contributed by atoms with Gasteiger partial charge in [0.2, 0.25) is 0 Å². The number of benzene rings is 1. The van der Waals surface area contributed by atoms with E-state index in [4.69, 9.17) is 0 Å². The summed E-state index contributed by atoms with van der Waals surface area (Å²) in [6, 6.07) is 9.16. The van der Waals surface area contributed by atoms with Crippen molar-refractivity contribution in [1.82, 2.24) is 0 Å². The normalized spacial score (nSPS) is 14.4. The van der Waals surface area contributed by atoms with Crippen molar-refractivity contribution in [2.24, 2.45) is 17.0 Å². The summed E-state index contributed by atoms with van der Waals surface area (Å²) in [5.74, 6) is 0.342. The number of hydrogen-bond acceptors (Lipinski definition) is 5. The van der Waals surface area contributed by atoms with Gasteiger partial charge in [0, 0.05) is 5.92 Å². The lowest BCUT2D eigenvalue weighted by Crippen LogP contribution is -2.23. The first-order valence-electron chi connectivity index (χ1n) is 6.73. The Morgan fingerprint density at radius 2 is 1.80 bits per heavy atom. The molecule has 0 saturated carbocycles. The zero-order valence-corrected chi connectivity index (χ0v) is 12.9. The van der Waals surface area contributed by atoms with Crippen molar-refractivity contribution in [2.45, 2.75) is 33.6 Å². The molecular weight excluding hydrogens is 277 g/mol. The van der Waals surface area contributed by atoms with Gasteiger partial charge in [-0.25, -0.2) is 0 Å². The Morgan fingerprint density at radius 1 is 1.25 bits per heavy atom. The van der Waals surface area contributed by atoms with E-state index in [1.807, 2.05) is 37.3 Å². The minimum Gasteiger partial charge on any atom is -0.778 e. The number of oxime groups is 1. The molecule has 1 unspecified atom stereocenters. The first-order chi connectivity index (χ1) is 9.39. The molecule has 20 heavy (non-hydrogen) atoms. The van der Waals surface area contributed by atoms with E-state index in [1.54, 1.807) is 0 Å². The molecule has 1 aromatic rings. The van der Waals surface area contributed by atoms with E-state index < -0.39 is 7.82 Å². The summed E-state index contributed by atoms with van der Waals surface area (Å²) in [5.41, 5.74) is 1.26. The zero-order valence-electron chi connectivity index (χ0n) is 12.0. The third kappa shape index (κ3) is 5.08. The molecule has 0 radical (unpaired) electrons. The van der Waals surface area contributed by atoms with E-state index in [9.17, 15) is 14.4 Å². The fourth-order valence-corrected chi connectivity index (χ4v) is 2.51. The highest BCUT2D eigenvalue weighted by Gasteiger charge is 2.21. The van der Waals surface area contributed by atoms with E-state index in [1.165, 1.54) is 0 Å². The van der Waals surface area contributed by atoms with Crippen LogP contribution in [0.4, 0.5) is 0 Å². The van der Waals surface area contributed by atoms with Crippen LogP contribution in [0.15, 0.2) is 35.5 Å². The fourth-order valence-electron chi connectivity index (χ4n) is 2.32. The Bertz CT molecular complexity index is 479. The van der Waals surface area contributed by atoms with Crippen molar-refractivity contribution < 1.29 is 19.0 Å². The van der Waals surface area contributed by atoms with Gasteiger partial charge in [-0.15, -0.1) is 0 Å². The standard InChI is InChI=1S/C14H22NO4P/c1-4-12(5-2)11(3)14(15-19-20(16,17)18)13-9-7-6-8-10-13/h6-12H,4-5H2,1-3H3,(H2,16,17,18)/p-2. The molecule has 1 atom stereocenters. The van der Waals surface area contributed by atoms with Gasteiger partial charge in [0.05, 0.1) is 5.71 Å². The van der Waals surface area contributed by atoms with Gasteiger partial charge < -0.3 is 19.0 Å². The van der Waals surface area contributed by atoms with Crippen molar-refractivity contribution in [3.63, 3.8) is 0 Å². The third-order valence-corrected chi connectivity index (χ3v) is 3.78. The lowest BCUT2D eigenvalue weighted by Gasteiger charge is -2.27. The average molecular weight is 297 g/mol. The largest absolute Gasteiger partial charge is 0.778 e. The molecule has 0 aliphatic carbocycles. The van der Waals surface area contributed by atoms with Crippen molar-refractivity contribution in [1.29, 1.82) is 0 Å². The number of rotatable bonds is 7. The van der Waals surface area contributed by atoms with Gasteiger partial charge in [-0.2, -0.15) is 0 Å². The molecule has 0 aliphatic rings. The van der Waals surface area contributed by atoms with E-state index in [0.29, 0.717) is 11.6 Å². The highest BCUT2D eigenvalue weighted by Crippen LogP contribution is 2.29. The molecule has 0 fully saturated rings. The smallest absolute Gasteiger partial charge is 0.146 e. The number of phosphoric acid groups is 1. The molecular formula is C14H20NO4P-2. The maximum absolute atomic E-state index is 10.6. The predicted octanol–water partition coefficient (Wildman–Crippen LogP) is 2.31.